The van der Waals surface area contributed by atoms with Gasteiger partial charge in [0.25, 0.3) is 0 Å². The summed E-state index contributed by atoms with van der Waals surface area (Å²) >= 11 is 0. The van der Waals surface area contributed by atoms with Crippen LogP contribution in [0.3, 0.4) is 0 Å². The summed E-state index contributed by atoms with van der Waals surface area (Å²) < 4.78 is 26.7. The van der Waals surface area contributed by atoms with Crippen molar-refractivity contribution in [2.45, 2.75) is 11.3 Å². The molecule has 1 atom stereocenters. The van der Waals surface area contributed by atoms with Gasteiger partial charge < -0.3 is 5.11 Å². The van der Waals surface area contributed by atoms with E-state index in [0.717, 1.165) is 0 Å². The van der Waals surface area contributed by atoms with Gasteiger partial charge in [0.05, 0.1) is 16.3 Å². The van der Waals surface area contributed by atoms with Crippen molar-refractivity contribution in [3.8, 4) is 0 Å². The molecule has 1 saturated heterocycles. The number of hydrogen-bond acceptors (Lipinski definition) is 4. The van der Waals surface area contributed by atoms with E-state index in [9.17, 15) is 13.2 Å². The molecule has 0 radical (unpaired) electrons. The van der Waals surface area contributed by atoms with Crippen molar-refractivity contribution in [3.63, 3.8) is 0 Å². The summed E-state index contributed by atoms with van der Waals surface area (Å²) in [6, 6.07) is 8.32. The van der Waals surface area contributed by atoms with Crippen LogP contribution in [0.2, 0.25) is 0 Å². The number of sulfonamides is 1. The zero-order valence-electron chi connectivity index (χ0n) is 11.1. The van der Waals surface area contributed by atoms with Crippen LogP contribution in [0.25, 0.3) is 10.9 Å². The number of carbonyl (C=O) groups is 1. The normalized spacial score (nSPS) is 19.9. The molecule has 2 heterocycles. The van der Waals surface area contributed by atoms with Crippen LogP contribution < -0.4 is 0 Å². The van der Waals surface area contributed by atoms with Crippen molar-refractivity contribution in [2.24, 2.45) is 5.92 Å². The Kier molecular flexibility index (Phi) is 3.38. The minimum Gasteiger partial charge on any atom is -0.481 e. The molecule has 3 rings (SSSR count). The molecular formula is C14H14N2O4S. The highest BCUT2D eigenvalue weighted by Crippen LogP contribution is 2.28. The van der Waals surface area contributed by atoms with E-state index in [1.807, 2.05) is 0 Å². The van der Waals surface area contributed by atoms with E-state index < -0.39 is 21.9 Å². The Morgan fingerprint density at radius 3 is 2.81 bits per heavy atom. The van der Waals surface area contributed by atoms with E-state index in [4.69, 9.17) is 5.11 Å². The van der Waals surface area contributed by atoms with Crippen molar-refractivity contribution in [1.29, 1.82) is 0 Å². The molecule has 2 aromatic rings. The van der Waals surface area contributed by atoms with Crippen molar-refractivity contribution in [1.82, 2.24) is 9.29 Å². The van der Waals surface area contributed by atoms with E-state index in [1.165, 1.54) is 10.4 Å². The number of hydrogen-bond donors (Lipinski definition) is 1. The van der Waals surface area contributed by atoms with Gasteiger partial charge >= 0.3 is 5.97 Å². The molecule has 1 aliphatic rings. The Hall–Kier alpha value is -1.99. The summed E-state index contributed by atoms with van der Waals surface area (Å²) in [6.45, 7) is 0.254. The maximum atomic E-state index is 12.7. The zero-order valence-corrected chi connectivity index (χ0v) is 12.0. The Bertz CT molecular complexity index is 798. The van der Waals surface area contributed by atoms with E-state index in [2.05, 4.69) is 4.98 Å². The molecule has 0 amide bonds. The average molecular weight is 306 g/mol. The molecular weight excluding hydrogens is 292 g/mol. The lowest BCUT2D eigenvalue weighted by atomic mass is 10.1. The van der Waals surface area contributed by atoms with Gasteiger partial charge in [-0.25, -0.2) is 8.42 Å². The largest absolute Gasteiger partial charge is 0.481 e. The van der Waals surface area contributed by atoms with Gasteiger partial charge in [0.15, 0.2) is 0 Å². The minimum atomic E-state index is -3.70. The molecule has 1 aromatic heterocycles. The van der Waals surface area contributed by atoms with Crippen molar-refractivity contribution in [2.75, 3.05) is 13.1 Å². The average Bonchev–Trinajstić information content (AvgIpc) is 2.97. The number of aliphatic carboxylic acids is 1. The molecule has 1 fully saturated rings. The fraction of sp³-hybridized carbons (Fsp3) is 0.286. The van der Waals surface area contributed by atoms with E-state index >= 15 is 0 Å². The maximum Gasteiger partial charge on any atom is 0.307 e. The standard InChI is InChI=1S/C14H14N2O4S/c17-14(18)10-6-8-16(9-10)21(19,20)13-5-1-4-12-11(13)3-2-7-15-12/h1-5,7,10H,6,8-9H2,(H,17,18). The van der Waals surface area contributed by atoms with Crippen molar-refractivity contribution in [3.05, 3.63) is 36.5 Å². The second-order valence-corrected chi connectivity index (χ2v) is 6.92. The molecule has 110 valence electrons. The number of nitrogens with zero attached hydrogens (tertiary/aromatic N) is 2. The Balaban J connectivity index is 2.04. The molecule has 0 spiro atoms. The first-order valence-electron chi connectivity index (χ1n) is 6.57. The van der Waals surface area contributed by atoms with Crippen molar-refractivity contribution >= 4 is 26.9 Å². The topological polar surface area (TPSA) is 87.6 Å². The van der Waals surface area contributed by atoms with E-state index in [-0.39, 0.29) is 18.0 Å². The van der Waals surface area contributed by atoms with Crippen LogP contribution in [0.5, 0.6) is 0 Å². The van der Waals surface area contributed by atoms with Crippen LogP contribution in [-0.2, 0) is 14.8 Å². The number of aromatic nitrogens is 1. The Labute approximate surface area is 122 Å². The fourth-order valence-electron chi connectivity index (χ4n) is 2.59. The lowest BCUT2D eigenvalue weighted by Crippen LogP contribution is -2.30. The van der Waals surface area contributed by atoms with Crippen LogP contribution in [0.4, 0.5) is 0 Å². The predicted molar refractivity (Wildman–Crippen MR) is 76.2 cm³/mol. The highest BCUT2D eigenvalue weighted by atomic mass is 32.2. The van der Waals surface area contributed by atoms with Crippen LogP contribution in [0, 0.1) is 5.92 Å². The summed E-state index contributed by atoms with van der Waals surface area (Å²) in [7, 11) is -3.70. The summed E-state index contributed by atoms with van der Waals surface area (Å²) in [6.07, 6.45) is 1.95. The van der Waals surface area contributed by atoms with E-state index in [1.54, 1.807) is 30.5 Å². The van der Waals surface area contributed by atoms with Gasteiger partial charge in [0.1, 0.15) is 0 Å². The monoisotopic (exact) mass is 306 g/mol. The second kappa shape index (κ2) is 5.09. The number of pyridine rings is 1. The Morgan fingerprint density at radius 2 is 2.10 bits per heavy atom. The summed E-state index contributed by atoms with van der Waals surface area (Å²) in [4.78, 5) is 15.3. The number of carboxylic acid groups (broad SMARTS) is 1. The van der Waals surface area contributed by atoms with E-state index in [0.29, 0.717) is 17.3 Å². The molecule has 1 aromatic carbocycles. The number of carboxylic acids is 1. The third-order valence-electron chi connectivity index (χ3n) is 3.72. The zero-order chi connectivity index (χ0) is 15.0. The molecule has 0 bridgehead atoms. The van der Waals surface area contributed by atoms with Gasteiger partial charge in [0.2, 0.25) is 10.0 Å². The molecule has 1 N–H and O–H groups in total. The van der Waals surface area contributed by atoms with Crippen LogP contribution in [0.15, 0.2) is 41.4 Å². The minimum absolute atomic E-state index is 0.0221. The molecule has 21 heavy (non-hydrogen) atoms. The number of rotatable bonds is 3. The summed E-state index contributed by atoms with van der Waals surface area (Å²) in [5.74, 6) is -1.58. The Morgan fingerprint density at radius 1 is 1.29 bits per heavy atom. The number of fused-ring (bicyclic) bond motifs is 1. The lowest BCUT2D eigenvalue weighted by molar-refractivity contribution is -0.141. The number of benzene rings is 1. The van der Waals surface area contributed by atoms with Crippen LogP contribution in [-0.4, -0.2) is 41.9 Å². The molecule has 0 aliphatic carbocycles. The molecule has 6 nitrogen and oxygen atoms in total. The van der Waals surface area contributed by atoms with Gasteiger partial charge in [0, 0.05) is 24.7 Å². The third kappa shape index (κ3) is 2.38. The molecule has 1 unspecified atom stereocenters. The molecule has 0 saturated carbocycles. The smallest absolute Gasteiger partial charge is 0.307 e. The lowest BCUT2D eigenvalue weighted by Gasteiger charge is -2.17. The second-order valence-electron chi connectivity index (χ2n) is 5.01. The quantitative estimate of drug-likeness (QED) is 0.924. The first-order chi connectivity index (χ1) is 10.00. The first-order valence-corrected chi connectivity index (χ1v) is 8.01. The molecule has 1 aliphatic heterocycles. The predicted octanol–water partition coefficient (Wildman–Crippen LogP) is 1.33. The highest BCUT2D eigenvalue weighted by molar-refractivity contribution is 7.89. The van der Waals surface area contributed by atoms with Gasteiger partial charge in [-0.15, -0.1) is 0 Å². The molecule has 7 heteroatoms. The van der Waals surface area contributed by atoms with Crippen LogP contribution >= 0.6 is 0 Å². The van der Waals surface area contributed by atoms with Gasteiger partial charge in [-0.1, -0.05) is 6.07 Å². The van der Waals surface area contributed by atoms with Crippen LogP contribution in [0.1, 0.15) is 6.42 Å². The first kappa shape index (κ1) is 14.0. The maximum absolute atomic E-state index is 12.7. The SMILES string of the molecule is O=C(O)C1CCN(S(=O)(=O)c2cccc3ncccc23)C1. The third-order valence-corrected chi connectivity index (χ3v) is 5.65. The summed E-state index contributed by atoms with van der Waals surface area (Å²) in [5.41, 5.74) is 0.604. The van der Waals surface area contributed by atoms with Crippen molar-refractivity contribution < 1.29 is 18.3 Å². The fourth-order valence-corrected chi connectivity index (χ4v) is 4.29. The van der Waals surface area contributed by atoms with Gasteiger partial charge in [-0.3, -0.25) is 9.78 Å². The highest BCUT2D eigenvalue weighted by Gasteiger charge is 2.36. The summed E-state index contributed by atoms with van der Waals surface area (Å²) in [5, 5.41) is 9.56. The van der Waals surface area contributed by atoms with Gasteiger partial charge in [-0.05, 0) is 30.7 Å². The van der Waals surface area contributed by atoms with Gasteiger partial charge in [-0.2, -0.15) is 4.31 Å².